The standard InChI is InChI=1S/C27H27N3O6/c1-19-10-14-22(15-11-19)36-23-16-12-21(13-17-23)28-24(31)8-5-9-26(33)35-18-25(32)29-30-27(34)20-6-3-2-4-7-20/h2-4,6-7,10-17H,5,8-9,18H2,1H3,(H,28,31)(H,29,32)(H,30,34). The molecular formula is C27H27N3O6. The third-order valence-corrected chi connectivity index (χ3v) is 4.90. The van der Waals surface area contributed by atoms with Gasteiger partial charge in [-0.15, -0.1) is 0 Å². The Kier molecular flexibility index (Phi) is 9.58. The molecule has 0 saturated heterocycles. The van der Waals surface area contributed by atoms with Gasteiger partial charge in [0.25, 0.3) is 11.8 Å². The average molecular weight is 490 g/mol. The average Bonchev–Trinajstić information content (AvgIpc) is 2.89. The van der Waals surface area contributed by atoms with E-state index in [9.17, 15) is 19.2 Å². The Hall–Kier alpha value is -4.66. The first-order valence-electron chi connectivity index (χ1n) is 11.3. The van der Waals surface area contributed by atoms with Gasteiger partial charge in [-0.1, -0.05) is 35.9 Å². The number of hydrazine groups is 1. The van der Waals surface area contributed by atoms with E-state index in [0.29, 0.717) is 17.0 Å². The number of amides is 3. The minimum Gasteiger partial charge on any atom is -0.457 e. The number of nitrogens with one attached hydrogen (secondary N) is 3. The van der Waals surface area contributed by atoms with Gasteiger partial charge >= 0.3 is 5.97 Å². The molecule has 0 atom stereocenters. The molecule has 0 heterocycles. The van der Waals surface area contributed by atoms with E-state index in [2.05, 4.69) is 16.2 Å². The smallest absolute Gasteiger partial charge is 0.306 e. The molecule has 9 heteroatoms. The monoisotopic (exact) mass is 489 g/mol. The number of carbonyl (C=O) groups excluding carboxylic acids is 4. The molecule has 0 spiro atoms. The number of hydrogen-bond acceptors (Lipinski definition) is 6. The largest absolute Gasteiger partial charge is 0.457 e. The Labute approximate surface area is 208 Å². The molecule has 0 aromatic heterocycles. The van der Waals surface area contributed by atoms with Gasteiger partial charge in [0.05, 0.1) is 0 Å². The fraction of sp³-hybridized carbons (Fsp3) is 0.185. The normalized spacial score (nSPS) is 10.1. The fourth-order valence-electron chi connectivity index (χ4n) is 3.01. The summed E-state index contributed by atoms with van der Waals surface area (Å²) in [4.78, 5) is 47.5. The highest BCUT2D eigenvalue weighted by molar-refractivity contribution is 5.95. The van der Waals surface area contributed by atoms with Gasteiger partial charge < -0.3 is 14.8 Å². The summed E-state index contributed by atoms with van der Waals surface area (Å²) in [6.45, 7) is 1.46. The van der Waals surface area contributed by atoms with Crippen molar-refractivity contribution in [1.29, 1.82) is 0 Å². The number of rotatable bonds is 10. The zero-order valence-electron chi connectivity index (χ0n) is 19.8. The second-order valence-corrected chi connectivity index (χ2v) is 7.87. The van der Waals surface area contributed by atoms with Crippen molar-refractivity contribution in [2.45, 2.75) is 26.2 Å². The zero-order valence-corrected chi connectivity index (χ0v) is 19.8. The lowest BCUT2D eigenvalue weighted by atomic mass is 10.2. The quantitative estimate of drug-likeness (QED) is 0.293. The molecule has 36 heavy (non-hydrogen) atoms. The van der Waals surface area contributed by atoms with Crippen molar-refractivity contribution in [3.63, 3.8) is 0 Å². The van der Waals surface area contributed by atoms with Crippen molar-refractivity contribution in [2.75, 3.05) is 11.9 Å². The number of carbonyl (C=O) groups is 4. The van der Waals surface area contributed by atoms with E-state index in [1.807, 2.05) is 31.2 Å². The molecule has 3 N–H and O–H groups in total. The second-order valence-electron chi connectivity index (χ2n) is 7.87. The van der Waals surface area contributed by atoms with Gasteiger partial charge in [-0.2, -0.15) is 0 Å². The highest BCUT2D eigenvalue weighted by Gasteiger charge is 2.11. The second kappa shape index (κ2) is 13.3. The van der Waals surface area contributed by atoms with Crippen molar-refractivity contribution in [2.24, 2.45) is 0 Å². The number of aryl methyl sites for hydroxylation is 1. The minimum atomic E-state index is -0.680. The first kappa shape index (κ1) is 26.0. The molecule has 3 amide bonds. The molecule has 0 aliphatic heterocycles. The Balaban J connectivity index is 1.29. The molecular weight excluding hydrogens is 462 g/mol. The maximum atomic E-state index is 12.1. The maximum absolute atomic E-state index is 12.1. The summed E-state index contributed by atoms with van der Waals surface area (Å²) < 4.78 is 10.6. The summed E-state index contributed by atoms with van der Waals surface area (Å²) in [6, 6.07) is 23.0. The zero-order chi connectivity index (χ0) is 25.8. The van der Waals surface area contributed by atoms with Crippen LogP contribution in [0.25, 0.3) is 0 Å². The van der Waals surface area contributed by atoms with E-state index < -0.39 is 24.4 Å². The van der Waals surface area contributed by atoms with Crippen LogP contribution < -0.4 is 20.9 Å². The van der Waals surface area contributed by atoms with Crippen molar-refractivity contribution in [3.05, 3.63) is 90.0 Å². The first-order chi connectivity index (χ1) is 17.4. The lowest BCUT2D eigenvalue weighted by Crippen LogP contribution is -2.43. The molecule has 0 fully saturated rings. The maximum Gasteiger partial charge on any atom is 0.306 e. The summed E-state index contributed by atoms with van der Waals surface area (Å²) in [5.74, 6) is -0.682. The van der Waals surface area contributed by atoms with Crippen LogP contribution in [0.2, 0.25) is 0 Å². The van der Waals surface area contributed by atoms with E-state index in [0.717, 1.165) is 11.3 Å². The Morgan fingerprint density at radius 1 is 0.722 bits per heavy atom. The Morgan fingerprint density at radius 2 is 1.36 bits per heavy atom. The molecule has 0 bridgehead atoms. The van der Waals surface area contributed by atoms with Gasteiger partial charge in [0.15, 0.2) is 6.61 Å². The van der Waals surface area contributed by atoms with Crippen LogP contribution >= 0.6 is 0 Å². The van der Waals surface area contributed by atoms with Crippen LogP contribution in [-0.2, 0) is 19.1 Å². The van der Waals surface area contributed by atoms with E-state index in [4.69, 9.17) is 9.47 Å². The van der Waals surface area contributed by atoms with Crippen LogP contribution in [0.1, 0.15) is 35.2 Å². The van der Waals surface area contributed by atoms with Gasteiger partial charge in [0.2, 0.25) is 5.91 Å². The lowest BCUT2D eigenvalue weighted by molar-refractivity contribution is -0.148. The van der Waals surface area contributed by atoms with Gasteiger partial charge in [0.1, 0.15) is 11.5 Å². The molecule has 0 aliphatic carbocycles. The predicted octanol–water partition coefficient (Wildman–Crippen LogP) is 3.90. The van der Waals surface area contributed by atoms with Gasteiger partial charge in [0, 0.05) is 24.1 Å². The molecule has 0 aliphatic rings. The van der Waals surface area contributed by atoms with Crippen LogP contribution in [0.15, 0.2) is 78.9 Å². The highest BCUT2D eigenvalue weighted by Crippen LogP contribution is 2.23. The van der Waals surface area contributed by atoms with Crippen molar-refractivity contribution < 1.29 is 28.7 Å². The molecule has 0 saturated carbocycles. The number of esters is 1. The van der Waals surface area contributed by atoms with Crippen molar-refractivity contribution >= 4 is 29.4 Å². The third-order valence-electron chi connectivity index (χ3n) is 4.90. The summed E-state index contributed by atoms with van der Waals surface area (Å²) in [7, 11) is 0. The molecule has 9 nitrogen and oxygen atoms in total. The van der Waals surface area contributed by atoms with E-state index in [1.54, 1.807) is 54.6 Å². The van der Waals surface area contributed by atoms with Gasteiger partial charge in [-0.05, 0) is 61.9 Å². The van der Waals surface area contributed by atoms with Crippen LogP contribution in [0.4, 0.5) is 5.69 Å². The topological polar surface area (TPSA) is 123 Å². The van der Waals surface area contributed by atoms with Crippen LogP contribution in [-0.4, -0.2) is 30.3 Å². The Morgan fingerprint density at radius 3 is 2.03 bits per heavy atom. The molecule has 3 aromatic carbocycles. The van der Waals surface area contributed by atoms with Gasteiger partial charge in [-0.25, -0.2) is 0 Å². The predicted molar refractivity (Wildman–Crippen MR) is 133 cm³/mol. The molecule has 186 valence electrons. The van der Waals surface area contributed by atoms with E-state index in [1.165, 1.54) is 0 Å². The molecule has 3 aromatic rings. The lowest BCUT2D eigenvalue weighted by Gasteiger charge is -2.09. The highest BCUT2D eigenvalue weighted by atomic mass is 16.5. The number of hydrogen-bond donors (Lipinski definition) is 3. The molecule has 3 rings (SSSR count). The third kappa shape index (κ3) is 8.94. The molecule has 0 unspecified atom stereocenters. The van der Waals surface area contributed by atoms with Crippen LogP contribution in [0.3, 0.4) is 0 Å². The molecule has 0 radical (unpaired) electrons. The van der Waals surface area contributed by atoms with Crippen molar-refractivity contribution in [3.8, 4) is 11.5 Å². The van der Waals surface area contributed by atoms with Crippen molar-refractivity contribution in [1.82, 2.24) is 10.9 Å². The SMILES string of the molecule is Cc1ccc(Oc2ccc(NC(=O)CCCC(=O)OCC(=O)NNC(=O)c3ccccc3)cc2)cc1. The number of benzene rings is 3. The summed E-state index contributed by atoms with van der Waals surface area (Å²) in [5.41, 5.74) is 6.52. The fourth-order valence-corrected chi connectivity index (χ4v) is 3.01. The summed E-state index contributed by atoms with van der Waals surface area (Å²) in [5, 5.41) is 2.75. The number of anilines is 1. The Bertz CT molecular complexity index is 1180. The van der Waals surface area contributed by atoms with E-state index in [-0.39, 0.29) is 25.2 Å². The van der Waals surface area contributed by atoms with E-state index >= 15 is 0 Å². The first-order valence-corrected chi connectivity index (χ1v) is 11.3. The minimum absolute atomic E-state index is 0.0274. The summed E-state index contributed by atoms with van der Waals surface area (Å²) >= 11 is 0. The van der Waals surface area contributed by atoms with Crippen LogP contribution in [0.5, 0.6) is 11.5 Å². The number of ether oxygens (including phenoxy) is 2. The van der Waals surface area contributed by atoms with Gasteiger partial charge in [-0.3, -0.25) is 30.0 Å². The summed E-state index contributed by atoms with van der Waals surface area (Å²) in [6.07, 6.45) is 0.335. The van der Waals surface area contributed by atoms with Crippen LogP contribution in [0, 0.1) is 6.92 Å².